The van der Waals surface area contributed by atoms with Crippen molar-refractivity contribution in [2.45, 2.75) is 111 Å². The molecule has 0 rings (SSSR count). The molecule has 0 fully saturated rings. The monoisotopic (exact) mass is 413 g/mol. The number of carbonyl (C=O) groups is 2. The maximum absolute atomic E-state index is 12.6. The highest BCUT2D eigenvalue weighted by Gasteiger charge is 2.14. The Bertz CT molecular complexity index is 371. The summed E-state index contributed by atoms with van der Waals surface area (Å²) in [7, 11) is 0. The molecule has 0 bridgehead atoms. The van der Waals surface area contributed by atoms with E-state index in [4.69, 9.17) is 9.47 Å². The Kier molecular flexibility index (Phi) is 20.8. The summed E-state index contributed by atoms with van der Waals surface area (Å²) in [5.74, 6) is -0.391. The summed E-state index contributed by atoms with van der Waals surface area (Å²) in [6, 6.07) is 0. The molecule has 0 aliphatic carbocycles. The quantitative estimate of drug-likeness (QED) is 0.174. The standard InChI is InChI=1S/C24H47NO4/c1-4-7-10-12-14-16-18-25(19-17-15-13-11-8-5-2)23(26)21-28-22-24(27)29-20-9-6-3/h4-22H2,1-3H3. The number of unbranched alkanes of at least 4 members (excludes halogenated alkanes) is 11. The summed E-state index contributed by atoms with van der Waals surface area (Å²) >= 11 is 0. The smallest absolute Gasteiger partial charge is 0.332 e. The normalized spacial score (nSPS) is 10.9. The highest BCUT2D eigenvalue weighted by atomic mass is 16.6. The molecule has 172 valence electrons. The Balaban J connectivity index is 4.16. The van der Waals surface area contributed by atoms with Gasteiger partial charge in [-0.2, -0.15) is 0 Å². The first kappa shape index (κ1) is 27.9. The van der Waals surface area contributed by atoms with Gasteiger partial charge in [0.25, 0.3) is 0 Å². The van der Waals surface area contributed by atoms with Gasteiger partial charge in [0, 0.05) is 13.1 Å². The molecular formula is C24H47NO4. The van der Waals surface area contributed by atoms with E-state index < -0.39 is 0 Å². The highest BCUT2D eigenvalue weighted by molar-refractivity contribution is 5.78. The van der Waals surface area contributed by atoms with Gasteiger partial charge in [-0.1, -0.05) is 91.4 Å². The third-order valence-electron chi connectivity index (χ3n) is 5.12. The zero-order valence-electron chi connectivity index (χ0n) is 19.5. The van der Waals surface area contributed by atoms with Crippen LogP contribution in [0.1, 0.15) is 111 Å². The van der Waals surface area contributed by atoms with Crippen molar-refractivity contribution in [2.24, 2.45) is 0 Å². The topological polar surface area (TPSA) is 55.8 Å². The van der Waals surface area contributed by atoms with Gasteiger partial charge >= 0.3 is 5.97 Å². The van der Waals surface area contributed by atoms with Crippen LogP contribution in [-0.2, 0) is 19.1 Å². The maximum Gasteiger partial charge on any atom is 0.332 e. The molecule has 0 aromatic rings. The lowest BCUT2D eigenvalue weighted by Gasteiger charge is -2.23. The lowest BCUT2D eigenvalue weighted by atomic mass is 10.1. The van der Waals surface area contributed by atoms with Crippen LogP contribution in [0.25, 0.3) is 0 Å². The molecular weight excluding hydrogens is 366 g/mol. The Morgan fingerprint density at radius 2 is 1.10 bits per heavy atom. The molecule has 0 aliphatic rings. The SMILES string of the molecule is CCCCCCCCN(CCCCCCCC)C(=O)COCC(=O)OCCCC. The first-order valence-electron chi connectivity index (χ1n) is 12.2. The summed E-state index contributed by atoms with van der Waals surface area (Å²) in [4.78, 5) is 26.1. The zero-order valence-corrected chi connectivity index (χ0v) is 19.5. The van der Waals surface area contributed by atoms with Gasteiger partial charge in [-0.25, -0.2) is 4.79 Å². The van der Waals surface area contributed by atoms with E-state index in [0.29, 0.717) is 6.61 Å². The third kappa shape index (κ3) is 18.7. The van der Waals surface area contributed by atoms with Crippen LogP contribution < -0.4 is 0 Å². The van der Waals surface area contributed by atoms with E-state index in [1.807, 2.05) is 11.8 Å². The molecule has 0 aromatic carbocycles. The van der Waals surface area contributed by atoms with Crippen LogP contribution in [0, 0.1) is 0 Å². The molecule has 5 heteroatoms. The number of hydrogen-bond acceptors (Lipinski definition) is 4. The van der Waals surface area contributed by atoms with Crippen molar-refractivity contribution in [1.29, 1.82) is 0 Å². The molecule has 0 saturated carbocycles. The number of nitrogens with zero attached hydrogens (tertiary/aromatic N) is 1. The molecule has 0 radical (unpaired) electrons. The average molecular weight is 414 g/mol. The molecule has 0 N–H and O–H groups in total. The first-order chi connectivity index (χ1) is 14.2. The second-order valence-electron chi connectivity index (χ2n) is 7.98. The summed E-state index contributed by atoms with van der Waals surface area (Å²) in [5, 5.41) is 0. The van der Waals surface area contributed by atoms with E-state index in [-0.39, 0.29) is 25.1 Å². The number of ether oxygens (including phenoxy) is 2. The van der Waals surface area contributed by atoms with Gasteiger partial charge in [-0.05, 0) is 19.3 Å². The van der Waals surface area contributed by atoms with Crippen molar-refractivity contribution in [2.75, 3.05) is 32.9 Å². The Morgan fingerprint density at radius 3 is 1.62 bits per heavy atom. The van der Waals surface area contributed by atoms with Crippen LogP contribution in [0.15, 0.2) is 0 Å². The number of carbonyl (C=O) groups excluding carboxylic acids is 2. The first-order valence-corrected chi connectivity index (χ1v) is 12.2. The molecule has 29 heavy (non-hydrogen) atoms. The van der Waals surface area contributed by atoms with Crippen molar-refractivity contribution in [3.05, 3.63) is 0 Å². The van der Waals surface area contributed by atoms with E-state index in [0.717, 1.165) is 38.8 Å². The van der Waals surface area contributed by atoms with Gasteiger partial charge in [0.05, 0.1) is 6.61 Å². The van der Waals surface area contributed by atoms with Gasteiger partial charge in [-0.3, -0.25) is 4.79 Å². The Hall–Kier alpha value is -1.10. The second kappa shape index (κ2) is 21.6. The number of rotatable bonds is 21. The maximum atomic E-state index is 12.6. The highest BCUT2D eigenvalue weighted by Crippen LogP contribution is 2.09. The second-order valence-corrected chi connectivity index (χ2v) is 7.98. The van der Waals surface area contributed by atoms with Crippen LogP contribution in [-0.4, -0.2) is 49.7 Å². The third-order valence-corrected chi connectivity index (χ3v) is 5.12. The predicted octanol–water partition coefficient (Wildman–Crippen LogP) is 5.90. The van der Waals surface area contributed by atoms with E-state index >= 15 is 0 Å². The fourth-order valence-electron chi connectivity index (χ4n) is 3.21. The van der Waals surface area contributed by atoms with Gasteiger partial charge in [0.2, 0.25) is 5.91 Å². The van der Waals surface area contributed by atoms with Crippen molar-refractivity contribution in [3.63, 3.8) is 0 Å². The minimum absolute atomic E-state index is 0.00604. The molecule has 1 amide bonds. The summed E-state index contributed by atoms with van der Waals surface area (Å²) in [6.07, 6.45) is 16.4. The number of esters is 1. The van der Waals surface area contributed by atoms with E-state index in [2.05, 4.69) is 13.8 Å². The molecule has 0 heterocycles. The Labute approximate surface area is 179 Å². The van der Waals surface area contributed by atoms with Crippen molar-refractivity contribution >= 4 is 11.9 Å². The molecule has 0 aromatic heterocycles. The lowest BCUT2D eigenvalue weighted by molar-refractivity contribution is -0.151. The molecule has 0 unspecified atom stereocenters. The average Bonchev–Trinajstić information content (AvgIpc) is 2.71. The van der Waals surface area contributed by atoms with E-state index in [1.165, 1.54) is 64.2 Å². The van der Waals surface area contributed by atoms with Gasteiger partial charge < -0.3 is 14.4 Å². The van der Waals surface area contributed by atoms with Crippen LogP contribution in [0.2, 0.25) is 0 Å². The van der Waals surface area contributed by atoms with Crippen LogP contribution in [0.4, 0.5) is 0 Å². The van der Waals surface area contributed by atoms with Crippen molar-refractivity contribution in [3.8, 4) is 0 Å². The fraction of sp³-hybridized carbons (Fsp3) is 0.917. The number of hydrogen-bond donors (Lipinski definition) is 0. The largest absolute Gasteiger partial charge is 0.464 e. The van der Waals surface area contributed by atoms with Gasteiger partial charge in [0.15, 0.2) is 0 Å². The molecule has 0 aliphatic heterocycles. The molecule has 0 saturated heterocycles. The van der Waals surface area contributed by atoms with Gasteiger partial charge in [0.1, 0.15) is 13.2 Å². The van der Waals surface area contributed by atoms with E-state index in [1.54, 1.807) is 0 Å². The minimum Gasteiger partial charge on any atom is -0.464 e. The van der Waals surface area contributed by atoms with Crippen LogP contribution in [0.3, 0.4) is 0 Å². The van der Waals surface area contributed by atoms with Crippen molar-refractivity contribution < 1.29 is 19.1 Å². The fourth-order valence-corrected chi connectivity index (χ4v) is 3.21. The van der Waals surface area contributed by atoms with Crippen LogP contribution in [0.5, 0.6) is 0 Å². The van der Waals surface area contributed by atoms with Crippen molar-refractivity contribution in [1.82, 2.24) is 4.90 Å². The minimum atomic E-state index is -0.385. The van der Waals surface area contributed by atoms with Crippen LogP contribution >= 0.6 is 0 Å². The van der Waals surface area contributed by atoms with E-state index in [9.17, 15) is 9.59 Å². The zero-order chi connectivity index (χ0) is 21.6. The molecule has 0 atom stereocenters. The summed E-state index contributed by atoms with van der Waals surface area (Å²) in [5.41, 5.74) is 0. The summed E-state index contributed by atoms with van der Waals surface area (Å²) < 4.78 is 10.4. The van der Waals surface area contributed by atoms with Gasteiger partial charge in [-0.15, -0.1) is 0 Å². The summed E-state index contributed by atoms with van der Waals surface area (Å²) in [6.45, 7) is 8.33. The predicted molar refractivity (Wildman–Crippen MR) is 120 cm³/mol. The molecule has 0 spiro atoms. The lowest BCUT2D eigenvalue weighted by Crippen LogP contribution is -2.36. The molecule has 5 nitrogen and oxygen atoms in total. The Morgan fingerprint density at radius 1 is 0.621 bits per heavy atom. The number of amides is 1.